The molecule has 1 atom stereocenters. The van der Waals surface area contributed by atoms with Crippen molar-refractivity contribution in [3.8, 4) is 0 Å². The Bertz CT molecular complexity index is 918. The van der Waals surface area contributed by atoms with E-state index in [0.29, 0.717) is 19.3 Å². The van der Waals surface area contributed by atoms with Crippen molar-refractivity contribution in [2.75, 3.05) is 13.2 Å². The third kappa shape index (κ3) is 49.3. The first-order valence-electron chi connectivity index (χ1n) is 27.4. The van der Waals surface area contributed by atoms with E-state index in [0.717, 1.165) is 63.7 Å². The third-order valence-corrected chi connectivity index (χ3v) is 12.5. The van der Waals surface area contributed by atoms with Crippen molar-refractivity contribution in [2.45, 2.75) is 316 Å². The molecule has 0 aromatic heterocycles. The Kier molecular flexibility index (Phi) is 48.1. The molecule has 0 radical (unpaired) electrons. The molecule has 0 rings (SSSR count). The topological polar surface area (TPSA) is 78.9 Å². The Morgan fingerprint density at radius 2 is 0.541 bits per heavy atom. The van der Waals surface area contributed by atoms with E-state index in [2.05, 4.69) is 27.7 Å². The van der Waals surface area contributed by atoms with Crippen LogP contribution in [0.2, 0.25) is 0 Å². The lowest BCUT2D eigenvalue weighted by atomic mass is 10.0. The summed E-state index contributed by atoms with van der Waals surface area (Å²) in [4.78, 5) is 38.0. The van der Waals surface area contributed by atoms with Gasteiger partial charge < -0.3 is 14.2 Å². The fourth-order valence-electron chi connectivity index (χ4n) is 8.39. The summed E-state index contributed by atoms with van der Waals surface area (Å²) >= 11 is 0. The van der Waals surface area contributed by atoms with E-state index < -0.39 is 6.10 Å². The monoisotopic (exact) mass is 863 g/mol. The van der Waals surface area contributed by atoms with E-state index in [4.69, 9.17) is 14.2 Å². The van der Waals surface area contributed by atoms with Gasteiger partial charge in [-0.1, -0.05) is 272 Å². The van der Waals surface area contributed by atoms with Gasteiger partial charge in [-0.15, -0.1) is 0 Å². The summed E-state index contributed by atoms with van der Waals surface area (Å²) in [7, 11) is 0. The van der Waals surface area contributed by atoms with Gasteiger partial charge in [0.05, 0.1) is 0 Å². The highest BCUT2D eigenvalue weighted by Crippen LogP contribution is 2.17. The van der Waals surface area contributed by atoms with Gasteiger partial charge in [-0.05, 0) is 25.2 Å². The van der Waals surface area contributed by atoms with Crippen LogP contribution in [-0.2, 0) is 28.6 Å². The van der Waals surface area contributed by atoms with Crippen LogP contribution < -0.4 is 0 Å². The minimum absolute atomic E-state index is 0.0622. The number of hydrogen-bond donors (Lipinski definition) is 0. The summed E-state index contributed by atoms with van der Waals surface area (Å²) in [5, 5.41) is 0. The number of carbonyl (C=O) groups excluding carboxylic acids is 3. The molecule has 0 aliphatic heterocycles. The first-order valence-corrected chi connectivity index (χ1v) is 27.4. The Morgan fingerprint density at radius 1 is 0.311 bits per heavy atom. The fraction of sp³-hybridized carbons (Fsp3) is 0.945. The molecule has 0 unspecified atom stereocenters. The van der Waals surface area contributed by atoms with Crippen LogP contribution in [0, 0.1) is 5.92 Å². The highest BCUT2D eigenvalue weighted by Gasteiger charge is 2.19. The molecule has 0 fully saturated rings. The summed E-state index contributed by atoms with van der Waals surface area (Å²) in [6, 6.07) is 0. The number of esters is 3. The van der Waals surface area contributed by atoms with Gasteiger partial charge in [-0.2, -0.15) is 0 Å². The van der Waals surface area contributed by atoms with Crippen LogP contribution >= 0.6 is 0 Å². The standard InChI is InChI=1S/C55H106O6/c1-5-7-9-11-13-15-17-19-20-21-22-27-31-35-39-43-47-54(57)60-50-52(49-59-53(56)46-42-38-34-30-26-18-16-14-12-10-8-6-2)61-55(58)48-44-40-36-32-28-24-23-25-29-33-37-41-45-51(3)4/h51-52H,5-50H2,1-4H3/t52-/m0/s1. The summed E-state index contributed by atoms with van der Waals surface area (Å²) in [6.45, 7) is 9.04. The third-order valence-electron chi connectivity index (χ3n) is 12.5. The quantitative estimate of drug-likeness (QED) is 0.0344. The van der Waals surface area contributed by atoms with Gasteiger partial charge in [0.25, 0.3) is 0 Å². The van der Waals surface area contributed by atoms with Crippen LogP contribution in [0.15, 0.2) is 0 Å². The fourth-order valence-corrected chi connectivity index (χ4v) is 8.39. The molecule has 0 heterocycles. The van der Waals surface area contributed by atoms with Crippen molar-refractivity contribution in [2.24, 2.45) is 5.92 Å². The molecule has 0 amide bonds. The van der Waals surface area contributed by atoms with Gasteiger partial charge in [0.2, 0.25) is 0 Å². The van der Waals surface area contributed by atoms with E-state index in [1.54, 1.807) is 0 Å². The van der Waals surface area contributed by atoms with E-state index in [9.17, 15) is 14.4 Å². The molecular formula is C55H106O6. The molecule has 6 nitrogen and oxygen atoms in total. The summed E-state index contributed by atoms with van der Waals surface area (Å²) in [5.41, 5.74) is 0. The molecular weight excluding hydrogens is 757 g/mol. The van der Waals surface area contributed by atoms with Crippen molar-refractivity contribution in [1.29, 1.82) is 0 Å². The first-order chi connectivity index (χ1) is 29.9. The van der Waals surface area contributed by atoms with Crippen molar-refractivity contribution in [3.63, 3.8) is 0 Å². The van der Waals surface area contributed by atoms with E-state index in [1.165, 1.54) is 205 Å². The number of rotatable bonds is 50. The Balaban J connectivity index is 4.29. The van der Waals surface area contributed by atoms with E-state index in [1.807, 2.05) is 0 Å². The first kappa shape index (κ1) is 59.4. The second-order valence-electron chi connectivity index (χ2n) is 19.3. The lowest BCUT2D eigenvalue weighted by Gasteiger charge is -2.18. The zero-order chi connectivity index (χ0) is 44.5. The predicted octanol–water partition coefficient (Wildman–Crippen LogP) is 17.8. The van der Waals surface area contributed by atoms with Crippen LogP contribution in [0.5, 0.6) is 0 Å². The van der Waals surface area contributed by atoms with Crippen LogP contribution in [0.3, 0.4) is 0 Å². The van der Waals surface area contributed by atoms with Gasteiger partial charge in [0.1, 0.15) is 13.2 Å². The van der Waals surface area contributed by atoms with Crippen molar-refractivity contribution in [3.05, 3.63) is 0 Å². The van der Waals surface area contributed by atoms with Crippen molar-refractivity contribution >= 4 is 17.9 Å². The highest BCUT2D eigenvalue weighted by molar-refractivity contribution is 5.71. The average molecular weight is 863 g/mol. The van der Waals surface area contributed by atoms with Gasteiger partial charge >= 0.3 is 17.9 Å². The van der Waals surface area contributed by atoms with Crippen LogP contribution in [0.4, 0.5) is 0 Å². The molecule has 0 saturated carbocycles. The predicted molar refractivity (Wildman–Crippen MR) is 261 cm³/mol. The lowest BCUT2D eigenvalue weighted by molar-refractivity contribution is -0.167. The lowest BCUT2D eigenvalue weighted by Crippen LogP contribution is -2.30. The average Bonchev–Trinajstić information content (AvgIpc) is 3.24. The van der Waals surface area contributed by atoms with Crippen LogP contribution in [-0.4, -0.2) is 37.2 Å². The second kappa shape index (κ2) is 49.4. The normalized spacial score (nSPS) is 12.0. The molecule has 0 aromatic rings. The number of carbonyl (C=O) groups is 3. The maximum atomic E-state index is 12.8. The zero-order valence-corrected chi connectivity index (χ0v) is 41.6. The Labute approximate surface area is 380 Å². The molecule has 0 saturated heterocycles. The molecule has 0 aliphatic rings. The Hall–Kier alpha value is -1.59. The van der Waals surface area contributed by atoms with Gasteiger partial charge in [-0.25, -0.2) is 0 Å². The van der Waals surface area contributed by atoms with Crippen molar-refractivity contribution < 1.29 is 28.6 Å². The largest absolute Gasteiger partial charge is 0.462 e. The minimum Gasteiger partial charge on any atom is -0.462 e. The summed E-state index contributed by atoms with van der Waals surface area (Å²) in [6.07, 6.45) is 52.3. The SMILES string of the molecule is CCCCCCCCCCCCCCCCCCC(=O)OC[C@H](COC(=O)CCCCCCCCCCCCCC)OC(=O)CCCCCCCCCCCCCCC(C)C. The summed E-state index contributed by atoms with van der Waals surface area (Å²) in [5.74, 6) is -0.00769. The maximum absolute atomic E-state index is 12.8. The highest BCUT2D eigenvalue weighted by atomic mass is 16.6. The number of ether oxygens (including phenoxy) is 3. The molecule has 6 heteroatoms. The van der Waals surface area contributed by atoms with Gasteiger partial charge in [0.15, 0.2) is 6.10 Å². The molecule has 362 valence electrons. The van der Waals surface area contributed by atoms with Crippen LogP contribution in [0.1, 0.15) is 310 Å². The van der Waals surface area contributed by atoms with Crippen molar-refractivity contribution in [1.82, 2.24) is 0 Å². The molecule has 0 aromatic carbocycles. The molecule has 0 N–H and O–H groups in total. The Morgan fingerprint density at radius 3 is 0.803 bits per heavy atom. The number of unbranched alkanes of at least 4 members (excludes halogenated alkanes) is 37. The van der Waals surface area contributed by atoms with Gasteiger partial charge in [0, 0.05) is 19.3 Å². The molecule has 0 bridgehead atoms. The van der Waals surface area contributed by atoms with E-state index >= 15 is 0 Å². The molecule has 61 heavy (non-hydrogen) atoms. The molecule has 0 spiro atoms. The molecule has 0 aliphatic carbocycles. The minimum atomic E-state index is -0.761. The number of hydrogen-bond acceptors (Lipinski definition) is 6. The summed E-state index contributed by atoms with van der Waals surface area (Å²) < 4.78 is 16.8. The zero-order valence-electron chi connectivity index (χ0n) is 41.6. The second-order valence-corrected chi connectivity index (χ2v) is 19.3. The maximum Gasteiger partial charge on any atom is 0.306 e. The smallest absolute Gasteiger partial charge is 0.306 e. The van der Waals surface area contributed by atoms with Gasteiger partial charge in [-0.3, -0.25) is 14.4 Å². The van der Waals surface area contributed by atoms with Crippen LogP contribution in [0.25, 0.3) is 0 Å². The van der Waals surface area contributed by atoms with E-state index in [-0.39, 0.29) is 31.1 Å².